The quantitative estimate of drug-likeness (QED) is 0.125. The number of carboxylic acid groups (broad SMARTS) is 2. The van der Waals surface area contributed by atoms with Crippen molar-refractivity contribution in [3.05, 3.63) is 116 Å². The number of halogens is 2. The summed E-state index contributed by atoms with van der Waals surface area (Å²) in [6.07, 6.45) is -1.97. The Morgan fingerprint density at radius 2 is 1.02 bits per heavy atom. The molecule has 1 aliphatic heterocycles. The maximum absolute atomic E-state index is 12.5. The van der Waals surface area contributed by atoms with E-state index in [0.717, 1.165) is 11.1 Å². The van der Waals surface area contributed by atoms with Crippen LogP contribution in [-0.4, -0.2) is 53.2 Å². The molecule has 0 bridgehead atoms. The smallest absolute Gasteiger partial charge is 0.408 e. The SMILES string of the molecule is O=C(N[C@@H](Cc1cc(Br)c2c(c1)-c1cc(C[C@H](NC(=O)OCc3ccccc3)C(=O)O)cc(Br)c1OCO2)C(=O)O)OCc1ccccc1. The van der Waals surface area contributed by atoms with Gasteiger partial charge in [-0.05, 0) is 78.4 Å². The van der Waals surface area contributed by atoms with Crippen LogP contribution < -0.4 is 20.1 Å². The van der Waals surface area contributed by atoms with Crippen molar-refractivity contribution < 1.29 is 48.3 Å². The van der Waals surface area contributed by atoms with Gasteiger partial charge in [0.1, 0.15) is 36.8 Å². The third-order valence-corrected chi connectivity index (χ3v) is 8.57. The molecule has 1 aliphatic rings. The van der Waals surface area contributed by atoms with Gasteiger partial charge in [0, 0.05) is 24.0 Å². The van der Waals surface area contributed by atoms with E-state index < -0.39 is 36.2 Å². The van der Waals surface area contributed by atoms with Crippen LogP contribution in [0.1, 0.15) is 22.3 Å². The molecular formula is C35H30Br2N2O10. The Balaban J connectivity index is 1.35. The van der Waals surface area contributed by atoms with Gasteiger partial charge < -0.3 is 39.8 Å². The van der Waals surface area contributed by atoms with Gasteiger partial charge in [0.15, 0.2) is 0 Å². The molecule has 0 saturated carbocycles. The van der Waals surface area contributed by atoms with Crippen molar-refractivity contribution in [2.75, 3.05) is 6.79 Å². The van der Waals surface area contributed by atoms with E-state index in [4.69, 9.17) is 18.9 Å². The topological polar surface area (TPSA) is 170 Å². The van der Waals surface area contributed by atoms with Crippen molar-refractivity contribution in [2.24, 2.45) is 0 Å². The third-order valence-electron chi connectivity index (χ3n) is 7.39. The Labute approximate surface area is 297 Å². The first-order valence-corrected chi connectivity index (χ1v) is 16.5. The summed E-state index contributed by atoms with van der Waals surface area (Å²) in [5.41, 5.74) is 3.61. The number of benzene rings is 4. The van der Waals surface area contributed by atoms with E-state index >= 15 is 0 Å². The van der Waals surface area contributed by atoms with Crippen molar-refractivity contribution in [1.29, 1.82) is 0 Å². The van der Waals surface area contributed by atoms with Gasteiger partial charge >= 0.3 is 24.1 Å². The first-order chi connectivity index (χ1) is 23.6. The summed E-state index contributed by atoms with van der Waals surface area (Å²) >= 11 is 7.02. The van der Waals surface area contributed by atoms with Gasteiger partial charge in [-0.3, -0.25) is 0 Å². The van der Waals surface area contributed by atoms with Crippen LogP contribution in [0.3, 0.4) is 0 Å². The number of carboxylic acids is 2. The van der Waals surface area contributed by atoms with Crippen LogP contribution in [0.15, 0.2) is 93.9 Å². The summed E-state index contributed by atoms with van der Waals surface area (Å²) in [6.45, 7) is -0.196. The minimum atomic E-state index is -1.32. The third kappa shape index (κ3) is 9.51. The van der Waals surface area contributed by atoms with E-state index in [0.29, 0.717) is 42.7 Å². The number of amides is 2. The lowest BCUT2D eigenvalue weighted by molar-refractivity contribution is -0.140. The van der Waals surface area contributed by atoms with Crippen molar-refractivity contribution >= 4 is 56.0 Å². The second kappa shape index (κ2) is 16.3. The lowest BCUT2D eigenvalue weighted by Crippen LogP contribution is -2.42. The predicted molar refractivity (Wildman–Crippen MR) is 183 cm³/mol. The lowest BCUT2D eigenvalue weighted by atomic mass is 9.95. The molecule has 0 aliphatic carbocycles. The van der Waals surface area contributed by atoms with Gasteiger partial charge in [0.05, 0.1) is 8.95 Å². The molecule has 5 rings (SSSR count). The molecule has 2 amide bonds. The number of carbonyl (C=O) groups is 4. The molecule has 254 valence electrons. The van der Waals surface area contributed by atoms with Crippen LogP contribution in [0.25, 0.3) is 11.1 Å². The Hall–Kier alpha value is -5.08. The molecule has 2 atom stereocenters. The van der Waals surface area contributed by atoms with E-state index in [2.05, 4.69) is 42.5 Å². The Kier molecular flexibility index (Phi) is 11.8. The van der Waals surface area contributed by atoms with Crippen LogP contribution in [0.4, 0.5) is 9.59 Å². The van der Waals surface area contributed by atoms with Crippen molar-refractivity contribution in [3.8, 4) is 22.6 Å². The highest BCUT2D eigenvalue weighted by Gasteiger charge is 2.28. The van der Waals surface area contributed by atoms with E-state index in [1.807, 2.05) is 12.1 Å². The van der Waals surface area contributed by atoms with Gasteiger partial charge in [-0.25, -0.2) is 19.2 Å². The molecule has 14 heteroatoms. The second-order valence-electron chi connectivity index (χ2n) is 10.9. The average molecular weight is 798 g/mol. The van der Waals surface area contributed by atoms with Gasteiger partial charge in [0.2, 0.25) is 6.79 Å². The van der Waals surface area contributed by atoms with E-state index in [9.17, 15) is 29.4 Å². The van der Waals surface area contributed by atoms with Crippen molar-refractivity contribution in [3.63, 3.8) is 0 Å². The number of carbonyl (C=O) groups excluding carboxylic acids is 2. The molecule has 0 fully saturated rings. The van der Waals surface area contributed by atoms with Gasteiger partial charge in [-0.1, -0.05) is 60.7 Å². The zero-order valence-electron chi connectivity index (χ0n) is 25.7. The van der Waals surface area contributed by atoms with Gasteiger partial charge in [-0.2, -0.15) is 0 Å². The summed E-state index contributed by atoms with van der Waals surface area (Å²) in [7, 11) is 0. The summed E-state index contributed by atoms with van der Waals surface area (Å²) in [6, 6.07) is 22.1. The molecule has 1 heterocycles. The van der Waals surface area contributed by atoms with Gasteiger partial charge in [-0.15, -0.1) is 0 Å². The van der Waals surface area contributed by atoms with Crippen LogP contribution in [0.2, 0.25) is 0 Å². The summed E-state index contributed by atoms with van der Waals surface area (Å²) < 4.78 is 23.2. The number of ether oxygens (including phenoxy) is 4. The van der Waals surface area contributed by atoms with Crippen LogP contribution >= 0.6 is 31.9 Å². The molecule has 49 heavy (non-hydrogen) atoms. The average Bonchev–Trinajstić information content (AvgIpc) is 3.27. The maximum atomic E-state index is 12.5. The molecule has 4 aromatic carbocycles. The fraction of sp³-hybridized carbons (Fsp3) is 0.200. The normalized spacial score (nSPS) is 12.8. The lowest BCUT2D eigenvalue weighted by Gasteiger charge is -2.18. The van der Waals surface area contributed by atoms with Gasteiger partial charge in [0.25, 0.3) is 0 Å². The molecule has 4 aromatic rings. The molecule has 0 spiro atoms. The monoisotopic (exact) mass is 796 g/mol. The minimum Gasteiger partial charge on any atom is -0.480 e. The summed E-state index contributed by atoms with van der Waals surface area (Å²) in [5.74, 6) is -1.71. The number of rotatable bonds is 12. The molecular weight excluding hydrogens is 768 g/mol. The van der Waals surface area contributed by atoms with Crippen LogP contribution in [0.5, 0.6) is 11.5 Å². The fourth-order valence-electron chi connectivity index (χ4n) is 5.06. The summed E-state index contributed by atoms with van der Waals surface area (Å²) in [4.78, 5) is 49.3. The van der Waals surface area contributed by atoms with E-state index in [-0.39, 0.29) is 32.8 Å². The molecule has 0 unspecified atom stereocenters. The Bertz CT molecular complexity index is 1710. The largest absolute Gasteiger partial charge is 0.480 e. The number of fused-ring (bicyclic) bond motifs is 3. The van der Waals surface area contributed by atoms with Crippen LogP contribution in [0, 0.1) is 0 Å². The Morgan fingerprint density at radius 3 is 1.39 bits per heavy atom. The standard InChI is InChI=1S/C35H30Br2N2O10/c36-26-13-22(15-28(32(40)41)38-34(44)46-17-20-7-3-1-4-8-20)11-24-25-12-23(14-27(37)31(25)49-19-48-30(24)26)16-29(33(42)43)39-35(45)47-18-21-9-5-2-6-10-21/h1-14,28-29H,15-19H2,(H,38,44)(H,39,45)(H,40,41)(H,42,43)/t28-,29-/m0/s1. The zero-order chi connectivity index (χ0) is 34.9. The highest BCUT2D eigenvalue weighted by atomic mass is 79.9. The highest BCUT2D eigenvalue weighted by Crippen LogP contribution is 2.47. The Morgan fingerprint density at radius 1 is 0.633 bits per heavy atom. The summed E-state index contributed by atoms with van der Waals surface area (Å²) in [5, 5.41) is 24.7. The van der Waals surface area contributed by atoms with Crippen molar-refractivity contribution in [1.82, 2.24) is 10.6 Å². The molecule has 0 aromatic heterocycles. The van der Waals surface area contributed by atoms with Crippen LogP contribution in [-0.2, 0) is 45.1 Å². The predicted octanol–water partition coefficient (Wildman–Crippen LogP) is 6.45. The first kappa shape index (κ1) is 35.2. The zero-order valence-corrected chi connectivity index (χ0v) is 28.9. The highest BCUT2D eigenvalue weighted by molar-refractivity contribution is 9.11. The fourth-order valence-corrected chi connectivity index (χ4v) is 6.31. The number of hydrogen-bond donors (Lipinski definition) is 4. The number of alkyl carbamates (subject to hydrolysis) is 2. The molecule has 0 radical (unpaired) electrons. The number of hydrogen-bond acceptors (Lipinski definition) is 8. The van der Waals surface area contributed by atoms with Crippen molar-refractivity contribution in [2.45, 2.75) is 38.1 Å². The van der Waals surface area contributed by atoms with E-state index in [1.165, 1.54) is 0 Å². The molecule has 12 nitrogen and oxygen atoms in total. The minimum absolute atomic E-state index is 0.0259. The molecule has 0 saturated heterocycles. The number of aliphatic carboxylic acids is 2. The number of nitrogens with one attached hydrogen (secondary N) is 2. The maximum Gasteiger partial charge on any atom is 0.408 e. The van der Waals surface area contributed by atoms with E-state index in [1.54, 1.807) is 72.8 Å². The second-order valence-corrected chi connectivity index (χ2v) is 12.6. The molecule has 4 N–H and O–H groups in total. The first-order valence-electron chi connectivity index (χ1n) is 14.9.